The monoisotopic (exact) mass is 224 g/mol. The molecule has 0 heterocycles. The normalized spacial score (nSPS) is 6.86. The molecule has 0 atom stereocenters. The molecule has 0 aliphatic rings. The van der Waals surface area contributed by atoms with E-state index in [9.17, 15) is 8.44 Å². The summed E-state index contributed by atoms with van der Waals surface area (Å²) in [5.41, 5.74) is 0. The summed E-state index contributed by atoms with van der Waals surface area (Å²) in [6, 6.07) is 0. The molecule has 0 aromatic heterocycles. The molecule has 0 bridgehead atoms. The van der Waals surface area contributed by atoms with Gasteiger partial charge in [0.15, 0.2) is 0 Å². The van der Waals surface area contributed by atoms with Gasteiger partial charge in [0.25, 0.3) is 0 Å². The topological polar surface area (TPSA) is 52.5 Å². The fourth-order valence-corrected chi connectivity index (χ4v) is 0. The van der Waals surface area contributed by atoms with E-state index < -0.39 is 22.0 Å². The van der Waals surface area contributed by atoms with E-state index >= 15 is 0 Å². The van der Waals surface area contributed by atoms with Crippen LogP contribution in [0, 0.1) is 10.1 Å². The Balaban J connectivity index is 0. The number of hydrogen-bond donors (Lipinski definition) is 0. The molecule has 7 heavy (non-hydrogen) atoms. The molecule has 7 heteroatoms. The SMILES string of the molecule is O=N[O-].[F][Sb]([F])[F]. The Morgan fingerprint density at radius 2 is 1.43 bits per heavy atom. The second-order valence-electron chi connectivity index (χ2n) is 0.266. The van der Waals surface area contributed by atoms with Gasteiger partial charge < -0.3 is 10.1 Å². The van der Waals surface area contributed by atoms with Crippen LogP contribution in [-0.2, 0) is 0 Å². The number of halogens is 3. The van der Waals surface area contributed by atoms with Crippen LogP contribution in [0.1, 0.15) is 0 Å². The van der Waals surface area contributed by atoms with Crippen LogP contribution in [0.15, 0.2) is 5.34 Å². The van der Waals surface area contributed by atoms with Crippen LogP contribution >= 0.6 is 0 Å². The zero-order valence-corrected chi connectivity index (χ0v) is 5.40. The molecule has 0 radical (unpaired) electrons. The molecule has 0 spiro atoms. The average Bonchev–Trinajstić information content (AvgIpc) is 1.33. The first-order chi connectivity index (χ1) is 3.15. The Hall–Kier alpha value is 0.00818. The van der Waals surface area contributed by atoms with Gasteiger partial charge >= 0.3 is 30.4 Å². The Morgan fingerprint density at radius 1 is 1.43 bits per heavy atom. The van der Waals surface area contributed by atoms with Gasteiger partial charge in [-0.05, 0) is 0 Å². The predicted octanol–water partition coefficient (Wildman–Crippen LogP) is 1.13. The maximum atomic E-state index is 9.85. The Bertz CT molecular complexity index is 37.2. The molecule has 0 aromatic rings. The maximum absolute atomic E-state index is 9.85. The summed E-state index contributed by atoms with van der Waals surface area (Å²) in [4.78, 5) is 8.00. The zero-order chi connectivity index (χ0) is 6.28. The molecule has 0 aliphatic carbocycles. The van der Waals surface area contributed by atoms with Gasteiger partial charge in [0.2, 0.25) is 0 Å². The van der Waals surface area contributed by atoms with Crippen LogP contribution in [0.5, 0.6) is 0 Å². The van der Waals surface area contributed by atoms with Crippen molar-refractivity contribution in [2.75, 3.05) is 0 Å². The zero-order valence-electron chi connectivity index (χ0n) is 2.84. The van der Waals surface area contributed by atoms with Crippen molar-refractivity contribution in [3.8, 4) is 0 Å². The molecule has 0 aromatic carbocycles. The third kappa shape index (κ3) is 1440000. The van der Waals surface area contributed by atoms with Gasteiger partial charge in [0.1, 0.15) is 0 Å². The van der Waals surface area contributed by atoms with E-state index in [-0.39, 0.29) is 0 Å². The summed E-state index contributed by atoms with van der Waals surface area (Å²) >= 11 is -4.95. The predicted molar refractivity (Wildman–Crippen MR) is 18.2 cm³/mol. The van der Waals surface area contributed by atoms with E-state index in [0.29, 0.717) is 0 Å². The van der Waals surface area contributed by atoms with Gasteiger partial charge in [-0.25, -0.2) is 0 Å². The van der Waals surface area contributed by atoms with Crippen molar-refractivity contribution in [3.05, 3.63) is 10.1 Å². The third-order valence-electron chi connectivity index (χ3n) is 0. The summed E-state index contributed by atoms with van der Waals surface area (Å²) in [6.07, 6.45) is 0. The van der Waals surface area contributed by atoms with Crippen molar-refractivity contribution in [2.24, 2.45) is 5.34 Å². The molecule has 0 amide bonds. The summed E-state index contributed by atoms with van der Waals surface area (Å²) in [6.45, 7) is 0. The molecule has 0 unspecified atom stereocenters. The molecule has 0 saturated heterocycles. The third-order valence-corrected chi connectivity index (χ3v) is 0. The first-order valence-electron chi connectivity index (χ1n) is 0.872. The standard InChI is InChI=1S/3FH.HNO2.Sb/c;;;2-1-3;/h3*1H;(H,2,3);/q;;;;+3/p-4. The van der Waals surface area contributed by atoms with E-state index in [1.165, 1.54) is 0 Å². The molecular formula is F3NO2Sb-. The molecule has 0 N–H and O–H groups in total. The summed E-state index contributed by atoms with van der Waals surface area (Å²) < 4.78 is 29.6. The van der Waals surface area contributed by atoms with Crippen molar-refractivity contribution >= 4 is 22.0 Å². The summed E-state index contributed by atoms with van der Waals surface area (Å²) in [5, 5.41) is 9.00. The number of hydrogen-bond acceptors (Lipinski definition) is 3. The van der Waals surface area contributed by atoms with Gasteiger partial charge in [0.05, 0.1) is 0 Å². The van der Waals surface area contributed by atoms with Gasteiger partial charge in [-0.15, -0.1) is 5.34 Å². The van der Waals surface area contributed by atoms with E-state index in [1.54, 1.807) is 0 Å². The van der Waals surface area contributed by atoms with E-state index in [4.69, 9.17) is 10.1 Å². The second kappa shape index (κ2) is 9.38. The molecule has 0 rings (SSSR count). The van der Waals surface area contributed by atoms with Crippen molar-refractivity contribution in [1.82, 2.24) is 0 Å². The van der Waals surface area contributed by atoms with Crippen molar-refractivity contribution < 1.29 is 8.44 Å². The molecule has 3 nitrogen and oxygen atoms in total. The van der Waals surface area contributed by atoms with Crippen LogP contribution < -0.4 is 0 Å². The van der Waals surface area contributed by atoms with E-state index in [0.717, 1.165) is 5.34 Å². The average molecular weight is 225 g/mol. The Morgan fingerprint density at radius 3 is 1.43 bits per heavy atom. The van der Waals surface area contributed by atoms with Gasteiger partial charge in [0, 0.05) is 0 Å². The van der Waals surface area contributed by atoms with Crippen LogP contribution in [0.4, 0.5) is 8.44 Å². The Labute approximate surface area is 46.4 Å². The van der Waals surface area contributed by atoms with Gasteiger partial charge in [-0.2, -0.15) is 0 Å². The molecule has 0 saturated carbocycles. The van der Waals surface area contributed by atoms with Crippen LogP contribution in [0.2, 0.25) is 0 Å². The molecule has 44 valence electrons. The Kier molecular flexibility index (Phi) is 13.5. The molecule has 0 fully saturated rings. The van der Waals surface area contributed by atoms with E-state index in [1.807, 2.05) is 0 Å². The first kappa shape index (κ1) is 10.1. The first-order valence-corrected chi connectivity index (χ1v) is 3.77. The van der Waals surface area contributed by atoms with Gasteiger partial charge in [-0.3, -0.25) is 0 Å². The molecule has 0 aliphatic heterocycles. The number of nitrogens with zero attached hydrogens (tertiary/aromatic N) is 1. The van der Waals surface area contributed by atoms with Crippen molar-refractivity contribution in [3.63, 3.8) is 0 Å². The van der Waals surface area contributed by atoms with Crippen LogP contribution in [0.3, 0.4) is 0 Å². The molecular weight excluding hydrogens is 225 g/mol. The minimum absolute atomic E-state index is 1.00. The summed E-state index contributed by atoms with van der Waals surface area (Å²) in [5.74, 6) is 0. The fraction of sp³-hybridized carbons (Fsp3) is 0. The van der Waals surface area contributed by atoms with Crippen LogP contribution in [0.25, 0.3) is 0 Å². The quantitative estimate of drug-likeness (QED) is 0.352. The van der Waals surface area contributed by atoms with E-state index in [2.05, 4.69) is 0 Å². The van der Waals surface area contributed by atoms with Crippen molar-refractivity contribution in [2.45, 2.75) is 0 Å². The summed E-state index contributed by atoms with van der Waals surface area (Å²) in [7, 11) is 0. The second-order valence-corrected chi connectivity index (χ2v) is 1.36. The number of rotatable bonds is 0. The van der Waals surface area contributed by atoms with Crippen molar-refractivity contribution in [1.29, 1.82) is 0 Å². The van der Waals surface area contributed by atoms with Gasteiger partial charge in [-0.1, -0.05) is 0 Å². The van der Waals surface area contributed by atoms with Crippen LogP contribution in [-0.4, -0.2) is 22.0 Å². The minimum atomic E-state index is -4.95. The fourth-order valence-electron chi connectivity index (χ4n) is 0.